The van der Waals surface area contributed by atoms with Crippen molar-refractivity contribution in [2.75, 3.05) is 7.11 Å². The summed E-state index contributed by atoms with van der Waals surface area (Å²) in [5, 5.41) is 20.2. The lowest BCUT2D eigenvalue weighted by Gasteiger charge is -2.22. The van der Waals surface area contributed by atoms with E-state index < -0.39 is 17.3 Å². The number of phenols is 2. The number of aromatic hydroxyl groups is 2. The fourth-order valence-corrected chi connectivity index (χ4v) is 2.61. The molecule has 5 nitrogen and oxygen atoms in total. The topological polar surface area (TPSA) is 83.8 Å². The quantitative estimate of drug-likeness (QED) is 0.715. The molecule has 2 N–H and O–H groups in total. The van der Waals surface area contributed by atoms with Gasteiger partial charge in [-0.05, 0) is 6.92 Å². The zero-order chi connectivity index (χ0) is 15.3. The maximum atomic E-state index is 12.6. The van der Waals surface area contributed by atoms with E-state index in [-0.39, 0.29) is 39.3 Å². The maximum absolute atomic E-state index is 12.6. The molecular formula is C16H12O5. The highest BCUT2D eigenvalue weighted by molar-refractivity contribution is 6.30. The Morgan fingerprint density at radius 1 is 0.905 bits per heavy atom. The number of rotatable bonds is 1. The van der Waals surface area contributed by atoms with Crippen molar-refractivity contribution in [2.24, 2.45) is 0 Å². The molecule has 0 bridgehead atoms. The third-order valence-corrected chi connectivity index (χ3v) is 3.71. The number of ether oxygens (including phenoxy) is 1. The van der Waals surface area contributed by atoms with Gasteiger partial charge in [0.25, 0.3) is 0 Å². The Balaban J connectivity index is 2.46. The molecule has 0 radical (unpaired) electrons. The summed E-state index contributed by atoms with van der Waals surface area (Å²) in [7, 11) is 1.30. The molecular weight excluding hydrogens is 272 g/mol. The van der Waals surface area contributed by atoms with Crippen LogP contribution in [0.5, 0.6) is 17.2 Å². The first kappa shape index (κ1) is 13.2. The molecule has 21 heavy (non-hydrogen) atoms. The monoisotopic (exact) mass is 284 g/mol. The Labute approximate surface area is 120 Å². The Bertz CT molecular complexity index is 805. The molecule has 0 saturated heterocycles. The van der Waals surface area contributed by atoms with E-state index in [0.29, 0.717) is 0 Å². The van der Waals surface area contributed by atoms with Gasteiger partial charge in [-0.2, -0.15) is 0 Å². The number of fused-ring (bicyclic) bond motifs is 2. The molecule has 0 amide bonds. The molecule has 2 aromatic rings. The summed E-state index contributed by atoms with van der Waals surface area (Å²) < 4.78 is 5.08. The molecule has 2 aromatic carbocycles. The van der Waals surface area contributed by atoms with E-state index in [4.69, 9.17) is 4.74 Å². The number of phenolic OH excluding ortho intramolecular Hbond substituents is 2. The molecule has 0 unspecified atom stereocenters. The number of benzene rings is 2. The zero-order valence-electron chi connectivity index (χ0n) is 11.4. The Hall–Kier alpha value is -2.82. The molecule has 1 aliphatic carbocycles. The van der Waals surface area contributed by atoms with Gasteiger partial charge in [0.2, 0.25) is 0 Å². The number of methoxy groups -OCH3 is 1. The fourth-order valence-electron chi connectivity index (χ4n) is 2.61. The summed E-state index contributed by atoms with van der Waals surface area (Å²) in [5.74, 6) is -1.74. The van der Waals surface area contributed by atoms with Crippen LogP contribution in [0, 0.1) is 6.92 Å². The van der Waals surface area contributed by atoms with Crippen LogP contribution < -0.4 is 4.74 Å². The number of hydrogen-bond acceptors (Lipinski definition) is 5. The van der Waals surface area contributed by atoms with Crippen molar-refractivity contribution in [1.82, 2.24) is 0 Å². The molecule has 0 atom stereocenters. The molecule has 1 aliphatic rings. The zero-order valence-corrected chi connectivity index (χ0v) is 11.4. The SMILES string of the molecule is COc1c(O)c(C)c(O)c2c1C(=O)c1ccccc1C2=O. The van der Waals surface area contributed by atoms with Crippen LogP contribution >= 0.6 is 0 Å². The summed E-state index contributed by atoms with van der Waals surface area (Å²) in [5.41, 5.74) is 0.354. The molecule has 5 heteroatoms. The standard InChI is InChI=1S/C16H12O5/c1-7-12(17)10-11(16(21-2)13(7)18)15(20)9-6-4-3-5-8(9)14(10)19/h3-6,17-18H,1-2H3. The van der Waals surface area contributed by atoms with Crippen LogP contribution in [-0.2, 0) is 0 Å². The third-order valence-electron chi connectivity index (χ3n) is 3.71. The average molecular weight is 284 g/mol. The summed E-state index contributed by atoms with van der Waals surface area (Å²) in [4.78, 5) is 25.2. The van der Waals surface area contributed by atoms with E-state index >= 15 is 0 Å². The molecule has 0 aliphatic heterocycles. The summed E-state index contributed by atoms with van der Waals surface area (Å²) in [6, 6.07) is 6.37. The first-order valence-electron chi connectivity index (χ1n) is 6.30. The van der Waals surface area contributed by atoms with Gasteiger partial charge in [-0.15, -0.1) is 0 Å². The molecule has 0 heterocycles. The molecule has 106 valence electrons. The van der Waals surface area contributed by atoms with Gasteiger partial charge < -0.3 is 14.9 Å². The van der Waals surface area contributed by atoms with Crippen LogP contribution in [0.4, 0.5) is 0 Å². The van der Waals surface area contributed by atoms with Crippen molar-refractivity contribution in [3.8, 4) is 17.2 Å². The summed E-state index contributed by atoms with van der Waals surface area (Å²) in [6.07, 6.45) is 0. The number of hydrogen-bond donors (Lipinski definition) is 2. The summed E-state index contributed by atoms with van der Waals surface area (Å²) in [6.45, 7) is 1.45. The second-order valence-corrected chi connectivity index (χ2v) is 4.81. The highest BCUT2D eigenvalue weighted by Crippen LogP contribution is 2.46. The van der Waals surface area contributed by atoms with Gasteiger partial charge in [-0.1, -0.05) is 24.3 Å². The van der Waals surface area contributed by atoms with E-state index in [1.807, 2.05) is 0 Å². The van der Waals surface area contributed by atoms with Crippen molar-refractivity contribution in [1.29, 1.82) is 0 Å². The van der Waals surface area contributed by atoms with Crippen molar-refractivity contribution in [2.45, 2.75) is 6.92 Å². The Morgan fingerprint density at radius 2 is 1.43 bits per heavy atom. The molecule has 0 spiro atoms. The van der Waals surface area contributed by atoms with E-state index in [1.165, 1.54) is 26.2 Å². The van der Waals surface area contributed by atoms with Crippen LogP contribution in [0.3, 0.4) is 0 Å². The second kappa shape index (κ2) is 4.34. The fraction of sp³-hybridized carbons (Fsp3) is 0.125. The van der Waals surface area contributed by atoms with Crippen molar-refractivity contribution in [3.63, 3.8) is 0 Å². The second-order valence-electron chi connectivity index (χ2n) is 4.81. The minimum absolute atomic E-state index is 0.0897. The van der Waals surface area contributed by atoms with E-state index in [9.17, 15) is 19.8 Å². The first-order chi connectivity index (χ1) is 9.99. The van der Waals surface area contributed by atoms with Crippen LogP contribution in [0.2, 0.25) is 0 Å². The predicted octanol–water partition coefficient (Wildman–Crippen LogP) is 2.19. The number of carbonyl (C=O) groups is 2. The lowest BCUT2D eigenvalue weighted by atomic mass is 9.82. The van der Waals surface area contributed by atoms with Gasteiger partial charge in [-0.25, -0.2) is 0 Å². The van der Waals surface area contributed by atoms with Crippen LogP contribution in [0.15, 0.2) is 24.3 Å². The van der Waals surface area contributed by atoms with Gasteiger partial charge in [0, 0.05) is 16.7 Å². The third kappa shape index (κ3) is 1.57. The highest BCUT2D eigenvalue weighted by Gasteiger charge is 2.37. The lowest BCUT2D eigenvalue weighted by Crippen LogP contribution is -2.22. The first-order valence-corrected chi connectivity index (χ1v) is 6.30. The molecule has 0 saturated carbocycles. The predicted molar refractivity (Wildman–Crippen MR) is 74.4 cm³/mol. The Kier molecular flexibility index (Phi) is 2.73. The van der Waals surface area contributed by atoms with Crippen LogP contribution in [0.1, 0.15) is 37.4 Å². The molecule has 0 fully saturated rings. The minimum atomic E-state index is -0.459. The number of carbonyl (C=O) groups excluding carboxylic acids is 2. The van der Waals surface area contributed by atoms with Crippen molar-refractivity contribution in [3.05, 3.63) is 52.1 Å². The van der Waals surface area contributed by atoms with Gasteiger partial charge in [0.15, 0.2) is 23.1 Å². The van der Waals surface area contributed by atoms with E-state index in [0.717, 1.165) is 0 Å². The summed E-state index contributed by atoms with van der Waals surface area (Å²) >= 11 is 0. The smallest absolute Gasteiger partial charge is 0.198 e. The van der Waals surface area contributed by atoms with Crippen molar-refractivity contribution < 1.29 is 24.5 Å². The van der Waals surface area contributed by atoms with Gasteiger partial charge in [0.1, 0.15) is 5.75 Å². The highest BCUT2D eigenvalue weighted by atomic mass is 16.5. The van der Waals surface area contributed by atoms with Crippen LogP contribution in [-0.4, -0.2) is 28.9 Å². The minimum Gasteiger partial charge on any atom is -0.507 e. The average Bonchev–Trinajstić information content (AvgIpc) is 2.50. The van der Waals surface area contributed by atoms with Gasteiger partial charge in [-0.3, -0.25) is 9.59 Å². The van der Waals surface area contributed by atoms with E-state index in [2.05, 4.69) is 0 Å². The molecule has 0 aromatic heterocycles. The molecule has 3 rings (SSSR count). The Morgan fingerprint density at radius 3 is 1.95 bits per heavy atom. The largest absolute Gasteiger partial charge is 0.507 e. The number of ketones is 2. The normalized spacial score (nSPS) is 12.9. The van der Waals surface area contributed by atoms with Gasteiger partial charge in [0.05, 0.1) is 18.2 Å². The van der Waals surface area contributed by atoms with Crippen molar-refractivity contribution >= 4 is 11.6 Å². The van der Waals surface area contributed by atoms with E-state index in [1.54, 1.807) is 12.1 Å². The van der Waals surface area contributed by atoms with Gasteiger partial charge >= 0.3 is 0 Å². The van der Waals surface area contributed by atoms with Crippen LogP contribution in [0.25, 0.3) is 0 Å². The lowest BCUT2D eigenvalue weighted by molar-refractivity contribution is 0.0973. The maximum Gasteiger partial charge on any atom is 0.198 e.